The molecule has 6 nitrogen and oxygen atoms in total. The third kappa shape index (κ3) is 4.85. The van der Waals surface area contributed by atoms with Crippen LogP contribution in [0.25, 0.3) is 0 Å². The molecule has 0 bridgehead atoms. The van der Waals surface area contributed by atoms with Crippen molar-refractivity contribution in [3.8, 4) is 0 Å². The van der Waals surface area contributed by atoms with Gasteiger partial charge in [0.15, 0.2) is 10.5 Å². The van der Waals surface area contributed by atoms with Gasteiger partial charge in [0.1, 0.15) is 0 Å². The molecule has 1 atom stereocenters. The molecule has 152 valence electrons. The van der Waals surface area contributed by atoms with Gasteiger partial charge in [-0.05, 0) is 39.2 Å². The van der Waals surface area contributed by atoms with Gasteiger partial charge >= 0.3 is 6.03 Å². The topological polar surface area (TPSA) is 68.2 Å². The number of thioether (sulfide) groups is 1. The molecule has 1 aromatic rings. The van der Waals surface area contributed by atoms with Crippen molar-refractivity contribution in [2.45, 2.75) is 69.8 Å². The molecule has 3 rings (SSSR count). The van der Waals surface area contributed by atoms with E-state index >= 15 is 0 Å². The Labute approximate surface area is 176 Å². The van der Waals surface area contributed by atoms with Gasteiger partial charge in [0, 0.05) is 6.04 Å². The van der Waals surface area contributed by atoms with Gasteiger partial charge in [0.2, 0.25) is 0 Å². The summed E-state index contributed by atoms with van der Waals surface area (Å²) in [7, 11) is 0. The lowest BCUT2D eigenvalue weighted by molar-refractivity contribution is -0.119. The van der Waals surface area contributed by atoms with E-state index in [2.05, 4.69) is 10.4 Å². The quantitative estimate of drug-likeness (QED) is 0.325. The van der Waals surface area contributed by atoms with E-state index in [1.807, 2.05) is 45.0 Å². The van der Waals surface area contributed by atoms with Gasteiger partial charge in [-0.25, -0.2) is 9.80 Å². The first kappa shape index (κ1) is 21.1. The summed E-state index contributed by atoms with van der Waals surface area (Å²) in [6, 6.07) is 7.58. The number of carbonyl (C=O) groups excluding carboxylic acids is 1. The highest BCUT2D eigenvalue weighted by Crippen LogP contribution is 2.42. The van der Waals surface area contributed by atoms with Crippen LogP contribution in [0.2, 0.25) is 0 Å². The minimum Gasteiger partial charge on any atom is -0.333 e. The van der Waals surface area contributed by atoms with E-state index in [4.69, 9.17) is 12.2 Å². The first-order valence-corrected chi connectivity index (χ1v) is 10.9. The van der Waals surface area contributed by atoms with E-state index in [1.54, 1.807) is 11.2 Å². The molecule has 1 aromatic carbocycles. The number of benzene rings is 1. The lowest BCUT2D eigenvalue weighted by Gasteiger charge is -2.35. The Morgan fingerprint density at radius 3 is 2.61 bits per heavy atom. The van der Waals surface area contributed by atoms with Crippen LogP contribution < -0.4 is 5.32 Å². The van der Waals surface area contributed by atoms with Crippen LogP contribution in [0.5, 0.6) is 0 Å². The van der Waals surface area contributed by atoms with Crippen molar-refractivity contribution in [3.05, 3.63) is 35.4 Å². The van der Waals surface area contributed by atoms with Crippen molar-refractivity contribution >= 4 is 40.5 Å². The number of hydroxylamine groups is 2. The number of carbonyl (C=O) groups is 1. The zero-order chi connectivity index (χ0) is 20.3. The number of nitrogens with one attached hydrogen (secondary N) is 1. The zero-order valence-electron chi connectivity index (χ0n) is 16.6. The standard InChI is InChI=1S/C20H28N4O2S2/c1-14-9-11-15(12-10-14)13-21-23-17(20(2,3)28-19(23)27)24(26)18(25)22-16-7-5-4-6-8-16/h9-13,16-17,26H,4-8H2,1-3H3,(H,22,25)/b21-13-/t17-/m0/s1. The Kier molecular flexibility index (Phi) is 6.62. The summed E-state index contributed by atoms with van der Waals surface area (Å²) >= 11 is 6.91. The number of nitrogens with zero attached hydrogens (tertiary/aromatic N) is 3. The summed E-state index contributed by atoms with van der Waals surface area (Å²) in [6.45, 7) is 5.93. The van der Waals surface area contributed by atoms with Gasteiger partial charge in [0.05, 0.1) is 11.0 Å². The van der Waals surface area contributed by atoms with E-state index in [9.17, 15) is 10.0 Å². The first-order chi connectivity index (χ1) is 13.3. The molecule has 1 aliphatic heterocycles. The van der Waals surface area contributed by atoms with Gasteiger partial charge in [0.25, 0.3) is 0 Å². The smallest absolute Gasteiger partial charge is 0.333 e. The fraction of sp³-hybridized carbons (Fsp3) is 0.550. The van der Waals surface area contributed by atoms with Gasteiger partial charge in [-0.1, -0.05) is 73.1 Å². The number of urea groups is 1. The third-order valence-electron chi connectivity index (χ3n) is 5.17. The van der Waals surface area contributed by atoms with Gasteiger partial charge in [-0.15, -0.1) is 0 Å². The highest BCUT2D eigenvalue weighted by Gasteiger charge is 2.50. The van der Waals surface area contributed by atoms with E-state index in [1.165, 1.54) is 23.7 Å². The predicted octanol–water partition coefficient (Wildman–Crippen LogP) is 4.50. The molecule has 1 aliphatic carbocycles. The molecule has 0 aromatic heterocycles. The molecule has 1 heterocycles. The maximum Gasteiger partial charge on any atom is 0.343 e. The predicted molar refractivity (Wildman–Crippen MR) is 118 cm³/mol. The van der Waals surface area contributed by atoms with Crippen LogP contribution in [0.1, 0.15) is 57.1 Å². The Morgan fingerprint density at radius 2 is 1.96 bits per heavy atom. The minimum absolute atomic E-state index is 0.115. The maximum atomic E-state index is 12.7. The second-order valence-corrected chi connectivity index (χ2v) is 10.3. The number of amides is 2. The summed E-state index contributed by atoms with van der Waals surface area (Å²) in [5.41, 5.74) is 2.10. The lowest BCUT2D eigenvalue weighted by Crippen LogP contribution is -2.57. The van der Waals surface area contributed by atoms with Crippen molar-refractivity contribution in [1.29, 1.82) is 0 Å². The van der Waals surface area contributed by atoms with Crippen LogP contribution in [0.3, 0.4) is 0 Å². The average molecular weight is 421 g/mol. The largest absolute Gasteiger partial charge is 0.343 e. The summed E-state index contributed by atoms with van der Waals surface area (Å²) in [4.78, 5) is 12.7. The maximum absolute atomic E-state index is 12.7. The highest BCUT2D eigenvalue weighted by molar-refractivity contribution is 8.24. The van der Waals surface area contributed by atoms with E-state index in [-0.39, 0.29) is 6.04 Å². The number of hydrogen-bond acceptors (Lipinski definition) is 5. The summed E-state index contributed by atoms with van der Waals surface area (Å²) in [6.07, 6.45) is 6.35. The molecule has 8 heteroatoms. The molecule has 2 fully saturated rings. The second kappa shape index (κ2) is 8.80. The number of aryl methyl sites for hydroxylation is 1. The number of rotatable bonds is 4. The Bertz CT molecular complexity index is 745. The monoisotopic (exact) mass is 420 g/mol. The summed E-state index contributed by atoms with van der Waals surface area (Å²) < 4.78 is 0.0308. The molecule has 1 saturated carbocycles. The number of hydrazone groups is 1. The first-order valence-electron chi connectivity index (χ1n) is 9.69. The van der Waals surface area contributed by atoms with Crippen molar-refractivity contribution < 1.29 is 10.0 Å². The van der Waals surface area contributed by atoms with E-state index < -0.39 is 16.9 Å². The fourth-order valence-electron chi connectivity index (χ4n) is 3.61. The van der Waals surface area contributed by atoms with Gasteiger partial charge < -0.3 is 5.32 Å². The van der Waals surface area contributed by atoms with Crippen LogP contribution in [0.15, 0.2) is 29.4 Å². The van der Waals surface area contributed by atoms with E-state index in [0.29, 0.717) is 4.32 Å². The molecule has 2 N–H and O–H groups in total. The van der Waals surface area contributed by atoms with E-state index in [0.717, 1.165) is 36.3 Å². The molecular weight excluding hydrogens is 392 g/mol. The summed E-state index contributed by atoms with van der Waals surface area (Å²) in [5.74, 6) is 0. The lowest BCUT2D eigenvalue weighted by atomic mass is 9.96. The average Bonchev–Trinajstić information content (AvgIpc) is 2.89. The van der Waals surface area contributed by atoms with Crippen molar-refractivity contribution in [1.82, 2.24) is 15.4 Å². The summed E-state index contributed by atoms with van der Waals surface area (Å²) in [5, 5.41) is 20.5. The Balaban J connectivity index is 1.75. The third-order valence-corrected chi connectivity index (χ3v) is 6.71. The molecule has 0 unspecified atom stereocenters. The van der Waals surface area contributed by atoms with Crippen LogP contribution in [-0.2, 0) is 0 Å². The normalized spacial score (nSPS) is 22.6. The molecule has 2 amide bonds. The molecule has 1 saturated heterocycles. The van der Waals surface area contributed by atoms with Crippen LogP contribution in [-0.4, -0.2) is 48.8 Å². The van der Waals surface area contributed by atoms with Crippen LogP contribution in [0, 0.1) is 6.92 Å². The van der Waals surface area contributed by atoms with Gasteiger partial charge in [-0.2, -0.15) is 10.2 Å². The number of hydrogen-bond donors (Lipinski definition) is 2. The highest BCUT2D eigenvalue weighted by atomic mass is 32.2. The van der Waals surface area contributed by atoms with Crippen LogP contribution in [0.4, 0.5) is 4.79 Å². The Morgan fingerprint density at radius 1 is 1.32 bits per heavy atom. The minimum atomic E-state index is -0.685. The molecule has 0 radical (unpaired) electrons. The Hall–Kier alpha value is -1.64. The number of thiocarbonyl (C=S) groups is 1. The molecular formula is C20H28N4O2S2. The van der Waals surface area contributed by atoms with Crippen LogP contribution >= 0.6 is 24.0 Å². The zero-order valence-corrected chi connectivity index (χ0v) is 18.2. The molecule has 2 aliphatic rings. The van der Waals surface area contributed by atoms with Crippen molar-refractivity contribution in [2.24, 2.45) is 5.10 Å². The van der Waals surface area contributed by atoms with Crippen molar-refractivity contribution in [3.63, 3.8) is 0 Å². The van der Waals surface area contributed by atoms with Crippen molar-refractivity contribution in [2.75, 3.05) is 0 Å². The SMILES string of the molecule is Cc1ccc(/C=N\N2C(=S)SC(C)(C)[C@@H]2N(O)C(=O)NC2CCCCC2)cc1. The second-order valence-electron chi connectivity index (χ2n) is 7.97. The molecule has 28 heavy (non-hydrogen) atoms. The van der Waals surface area contributed by atoms with Gasteiger partial charge in [-0.3, -0.25) is 5.21 Å². The molecule has 0 spiro atoms. The fourth-order valence-corrected chi connectivity index (χ4v) is 5.39.